The van der Waals surface area contributed by atoms with Crippen LogP contribution in [0.25, 0.3) is 189 Å². The smallest absolute Gasteiger partial charge is 0.423 e. The van der Waals surface area contributed by atoms with E-state index in [1.165, 1.54) is 0 Å². The number of para-hydroxylation sites is 4. The predicted molar refractivity (Wildman–Crippen MR) is 523 cm³/mol. The molecular weight excluding hydrogens is 1610 g/mol. The minimum Gasteiger partial charge on any atom is -0.423 e. The number of nitrogens with zero attached hydrogens (tertiary/aromatic N) is 12. The van der Waals surface area contributed by atoms with Gasteiger partial charge in [0, 0.05) is 107 Å². The first-order valence-corrected chi connectivity index (χ1v) is 42.2. The SMILES string of the molecule is OB(O)c1ccc2c(c1)c1ccccc1n2-c1cc(-c2ccccc2)nc(-c2ccccc2)n1.OB(O)c1ccc2c(c1)c1ccccc1n2-c1cc(-c2ccccn2)nc(-c2ccccn2)c1.OB(O)c1ccc2c(c1)c1ccccc1n2-c1nc(-c2ccccc2)cc(-c2ccccc2)n1.OB(O)c1ccc2c3cc(-c4cccnc4)ccc3n(-c3ccccc3)c2c1. The van der Waals surface area contributed by atoms with Gasteiger partial charge in [0.05, 0.1) is 89.7 Å². The van der Waals surface area contributed by atoms with Crippen LogP contribution < -0.4 is 21.9 Å². The molecule has 20 nitrogen and oxygen atoms in total. The van der Waals surface area contributed by atoms with Gasteiger partial charge in [-0.25, -0.2) is 24.9 Å². The lowest BCUT2D eigenvalue weighted by molar-refractivity contribution is 0.424. The second-order valence-corrected chi connectivity index (χ2v) is 31.2. The molecular formula is C106H76B4N12O8. The van der Waals surface area contributed by atoms with E-state index in [0.717, 1.165) is 178 Å². The molecule has 0 aliphatic rings. The highest BCUT2D eigenvalue weighted by Crippen LogP contribution is 2.40. The monoisotopic (exact) mass is 1690 g/mol. The van der Waals surface area contributed by atoms with Crippen molar-refractivity contribution in [3.05, 3.63) is 413 Å². The Labute approximate surface area is 746 Å². The zero-order valence-electron chi connectivity index (χ0n) is 69.5. The van der Waals surface area contributed by atoms with Crippen molar-refractivity contribution in [1.82, 2.24) is 58.1 Å². The summed E-state index contributed by atoms with van der Waals surface area (Å²) in [5.41, 5.74) is 23.1. The van der Waals surface area contributed by atoms with Crippen molar-refractivity contribution in [3.63, 3.8) is 0 Å². The summed E-state index contributed by atoms with van der Waals surface area (Å²) in [6.07, 6.45) is 7.14. The maximum absolute atomic E-state index is 9.73. The highest BCUT2D eigenvalue weighted by molar-refractivity contribution is 6.60. The predicted octanol–water partition coefficient (Wildman–Crippen LogP) is 16.7. The Morgan fingerprint density at radius 1 is 0.200 bits per heavy atom. The van der Waals surface area contributed by atoms with Crippen molar-refractivity contribution in [2.75, 3.05) is 0 Å². The number of pyridine rings is 4. The van der Waals surface area contributed by atoms with Crippen molar-refractivity contribution >= 4 is 138 Å². The van der Waals surface area contributed by atoms with Gasteiger partial charge < -0.3 is 49.3 Å². The number of rotatable bonds is 15. The highest BCUT2D eigenvalue weighted by Gasteiger charge is 2.26. The van der Waals surface area contributed by atoms with E-state index in [2.05, 4.69) is 71.1 Å². The van der Waals surface area contributed by atoms with Crippen LogP contribution in [0.4, 0.5) is 0 Å². The van der Waals surface area contributed by atoms with E-state index in [0.29, 0.717) is 33.6 Å². The highest BCUT2D eigenvalue weighted by atomic mass is 16.4. The lowest BCUT2D eigenvalue weighted by Gasteiger charge is -2.12. The van der Waals surface area contributed by atoms with Crippen LogP contribution in [0, 0.1) is 0 Å². The Morgan fingerprint density at radius 3 is 1.05 bits per heavy atom. The van der Waals surface area contributed by atoms with Crippen molar-refractivity contribution in [2.45, 2.75) is 0 Å². The number of hydrogen-bond donors (Lipinski definition) is 8. The molecule has 24 heteroatoms. The third-order valence-corrected chi connectivity index (χ3v) is 23.1. The summed E-state index contributed by atoms with van der Waals surface area (Å²) < 4.78 is 8.47. The molecule has 0 aliphatic heterocycles. The Morgan fingerprint density at radius 2 is 0.577 bits per heavy atom. The average molecular weight is 1690 g/mol. The largest absolute Gasteiger partial charge is 0.488 e. The first-order chi connectivity index (χ1) is 63.8. The lowest BCUT2D eigenvalue weighted by atomic mass is 9.80. The van der Waals surface area contributed by atoms with Gasteiger partial charge >= 0.3 is 28.5 Å². The first kappa shape index (κ1) is 82.1. The molecule has 8 N–H and O–H groups in total. The third kappa shape index (κ3) is 16.3. The van der Waals surface area contributed by atoms with Crippen LogP contribution in [0.2, 0.25) is 0 Å². The van der Waals surface area contributed by atoms with Crippen LogP contribution in [-0.2, 0) is 0 Å². The molecule has 0 unspecified atom stereocenters. The molecule has 23 aromatic rings. The lowest BCUT2D eigenvalue weighted by Crippen LogP contribution is -2.29. The molecule has 0 spiro atoms. The van der Waals surface area contributed by atoms with E-state index in [1.807, 2.05) is 332 Å². The molecule has 0 bridgehead atoms. The molecule has 13 aromatic carbocycles. The fourth-order valence-corrected chi connectivity index (χ4v) is 17.0. The van der Waals surface area contributed by atoms with Crippen LogP contribution >= 0.6 is 0 Å². The van der Waals surface area contributed by atoms with Crippen LogP contribution in [0.1, 0.15) is 0 Å². The normalized spacial score (nSPS) is 11.2. The van der Waals surface area contributed by atoms with Gasteiger partial charge in [0.15, 0.2) is 5.82 Å². The van der Waals surface area contributed by atoms with Crippen LogP contribution in [0.15, 0.2) is 413 Å². The minimum atomic E-state index is -1.53. The van der Waals surface area contributed by atoms with Gasteiger partial charge in [-0.1, -0.05) is 267 Å². The number of hydrogen-bond acceptors (Lipinski definition) is 16. The Hall–Kier alpha value is -16.2. The van der Waals surface area contributed by atoms with Crippen molar-refractivity contribution in [3.8, 4) is 102 Å². The zero-order chi connectivity index (χ0) is 88.3. The first-order valence-electron chi connectivity index (χ1n) is 42.2. The fraction of sp³-hybridized carbons (Fsp3) is 0. The van der Waals surface area contributed by atoms with Gasteiger partial charge in [0.2, 0.25) is 5.95 Å². The summed E-state index contributed by atoms with van der Waals surface area (Å²) in [5.74, 6) is 1.95. The maximum Gasteiger partial charge on any atom is 0.488 e. The summed E-state index contributed by atoms with van der Waals surface area (Å²) in [6.45, 7) is 0. The number of aromatic nitrogens is 12. The molecule has 23 rings (SSSR count). The summed E-state index contributed by atoms with van der Waals surface area (Å²) in [6, 6.07) is 126. The maximum atomic E-state index is 9.73. The molecule has 0 atom stereocenters. The van der Waals surface area contributed by atoms with Gasteiger partial charge in [-0.2, -0.15) is 0 Å². The standard InChI is InChI=1S/2C28H20BN3O2.C27H19BN4O2.C23H17BN2O2/c33-29(34)21-15-16-27-23(17-21)22-13-7-8-14-26(22)32(27)28-30-24(19-9-3-1-4-10-19)18-25(31-28)20-11-5-2-6-12-20;33-29(34)21-15-16-26-23(17-21)22-13-7-8-14-25(22)32(26)27-18-24(19-9-3-1-4-10-19)30-28(31-27)20-11-5-2-6-12-20;33-28(34)18-11-12-27-21(15-18)20-7-1-2-10-26(20)32(27)19-16-24(22-8-3-5-13-29-22)31-25(17-19)23-9-4-6-14-30-23;27-24(28)18-9-10-20-21-13-16(17-5-4-12-25-15-17)8-11-22(21)26(23(20)14-18)19-6-2-1-3-7-19/h2*1-18,33-34H;1-17,33-34H;1-15,27-28H. The topological polar surface area (TPSA) is 285 Å². The molecule has 0 aliphatic carbocycles. The van der Waals surface area contributed by atoms with Gasteiger partial charge in [-0.3, -0.25) is 24.1 Å². The van der Waals surface area contributed by atoms with E-state index in [1.54, 1.807) is 42.9 Å². The zero-order valence-corrected chi connectivity index (χ0v) is 69.5. The molecule has 620 valence electrons. The number of fused-ring (bicyclic) bond motifs is 12. The summed E-state index contributed by atoms with van der Waals surface area (Å²) in [7, 11) is -6.09. The van der Waals surface area contributed by atoms with E-state index in [4.69, 9.17) is 24.9 Å². The molecule has 10 heterocycles. The van der Waals surface area contributed by atoms with Crippen molar-refractivity contribution in [2.24, 2.45) is 0 Å². The molecule has 0 fully saturated rings. The van der Waals surface area contributed by atoms with E-state index < -0.39 is 28.5 Å². The van der Waals surface area contributed by atoms with Crippen LogP contribution in [0.3, 0.4) is 0 Å². The third-order valence-electron chi connectivity index (χ3n) is 23.1. The Balaban J connectivity index is 0.000000109. The van der Waals surface area contributed by atoms with E-state index in [-0.39, 0.29) is 0 Å². The molecule has 130 heavy (non-hydrogen) atoms. The van der Waals surface area contributed by atoms with Crippen LogP contribution in [0.5, 0.6) is 0 Å². The van der Waals surface area contributed by atoms with Crippen molar-refractivity contribution in [1.29, 1.82) is 0 Å². The minimum absolute atomic E-state index is 0.444. The second kappa shape index (κ2) is 36.0. The second-order valence-electron chi connectivity index (χ2n) is 31.2. The van der Waals surface area contributed by atoms with E-state index >= 15 is 0 Å². The van der Waals surface area contributed by atoms with Gasteiger partial charge in [-0.15, -0.1) is 0 Å². The molecule has 0 saturated heterocycles. The Bertz CT molecular complexity index is 7310. The van der Waals surface area contributed by atoms with Gasteiger partial charge in [0.25, 0.3) is 0 Å². The molecule has 0 radical (unpaired) electrons. The number of benzene rings is 13. The summed E-state index contributed by atoms with van der Waals surface area (Å²) in [4.78, 5) is 38.0. The molecule has 0 amide bonds. The van der Waals surface area contributed by atoms with Gasteiger partial charge in [0.1, 0.15) is 5.82 Å². The average Bonchev–Trinajstić information content (AvgIpc) is 1.60. The van der Waals surface area contributed by atoms with E-state index in [9.17, 15) is 40.2 Å². The van der Waals surface area contributed by atoms with Gasteiger partial charge in [-0.05, 0) is 143 Å². The summed E-state index contributed by atoms with van der Waals surface area (Å²) >= 11 is 0. The van der Waals surface area contributed by atoms with Crippen molar-refractivity contribution < 1.29 is 40.2 Å². The summed E-state index contributed by atoms with van der Waals surface area (Å²) in [5, 5.41) is 85.7. The Kier molecular flexibility index (Phi) is 22.7. The fourth-order valence-electron chi connectivity index (χ4n) is 17.0. The molecule has 0 saturated carbocycles. The quantitative estimate of drug-likeness (QED) is 0.0443. The molecule has 10 aromatic heterocycles. The van der Waals surface area contributed by atoms with Crippen LogP contribution in [-0.4, -0.2) is 127 Å².